The highest BCUT2D eigenvalue weighted by molar-refractivity contribution is 5.91. The molecular formula is C32H41NO6. The summed E-state index contributed by atoms with van der Waals surface area (Å²) in [5.74, 6) is 0.671. The van der Waals surface area contributed by atoms with Crippen molar-refractivity contribution in [3.05, 3.63) is 47.5 Å². The van der Waals surface area contributed by atoms with Crippen LogP contribution in [-0.2, 0) is 28.7 Å². The lowest BCUT2D eigenvalue weighted by Gasteiger charge is -2.57. The highest BCUT2D eigenvalue weighted by Gasteiger charge is 2.60. The van der Waals surface area contributed by atoms with Crippen LogP contribution < -0.4 is 5.32 Å². The van der Waals surface area contributed by atoms with Crippen LogP contribution in [0.1, 0.15) is 89.7 Å². The zero-order valence-corrected chi connectivity index (χ0v) is 23.4. The summed E-state index contributed by atoms with van der Waals surface area (Å²) in [5, 5.41) is 2.70. The smallest absolute Gasteiger partial charge is 0.333 e. The summed E-state index contributed by atoms with van der Waals surface area (Å²) in [5.41, 5.74) is 2.07. The summed E-state index contributed by atoms with van der Waals surface area (Å²) in [7, 11) is 1.28. The number of allylic oxidation sites excluding steroid dienone is 1. The molecule has 1 N–H and O–H groups in total. The Hall–Kier alpha value is -2.96. The first-order valence-electron chi connectivity index (χ1n) is 14.5. The number of esters is 2. The molecule has 7 heteroatoms. The number of carbonyl (C=O) groups excluding carboxylic acids is 4. The van der Waals surface area contributed by atoms with Crippen LogP contribution in [0.5, 0.6) is 0 Å². The minimum atomic E-state index is -0.917. The van der Waals surface area contributed by atoms with Crippen LogP contribution in [0.2, 0.25) is 0 Å². The highest BCUT2D eigenvalue weighted by atomic mass is 16.5. The van der Waals surface area contributed by atoms with Gasteiger partial charge in [-0.25, -0.2) is 4.79 Å². The van der Waals surface area contributed by atoms with Crippen molar-refractivity contribution in [3.8, 4) is 0 Å². The molecule has 39 heavy (non-hydrogen) atoms. The van der Waals surface area contributed by atoms with E-state index in [0.717, 1.165) is 44.9 Å². The molecule has 1 aromatic rings. The molecule has 210 valence electrons. The third kappa shape index (κ3) is 5.17. The number of nitrogens with one attached hydrogen (secondary N) is 1. The van der Waals surface area contributed by atoms with E-state index in [-0.39, 0.29) is 41.5 Å². The van der Waals surface area contributed by atoms with E-state index in [9.17, 15) is 19.2 Å². The second-order valence-corrected chi connectivity index (χ2v) is 12.5. The Labute approximate surface area is 231 Å². The topological polar surface area (TPSA) is 98.8 Å². The number of rotatable bonds is 7. The van der Waals surface area contributed by atoms with Crippen LogP contribution in [0, 0.1) is 28.6 Å². The van der Waals surface area contributed by atoms with Crippen molar-refractivity contribution >= 4 is 23.6 Å². The van der Waals surface area contributed by atoms with Gasteiger partial charge in [0.15, 0.2) is 11.8 Å². The van der Waals surface area contributed by atoms with Gasteiger partial charge in [0.25, 0.3) is 0 Å². The number of ketones is 1. The summed E-state index contributed by atoms with van der Waals surface area (Å²) in [6.45, 7) is 4.68. The molecular weight excluding hydrogens is 494 g/mol. The SMILES string of the molecule is COC(=O)[C@@H](NC(=O)CCC(=O)O[C@H]1CC[C@H]2[C@H]3CCC4=CC(=O)CC[C@]4(C)[C@@H]3CC[C@]12C)c1ccccc1. The number of benzene rings is 1. The molecule has 5 rings (SSSR count). The summed E-state index contributed by atoms with van der Waals surface area (Å²) in [6, 6.07) is 7.99. The normalized spacial score (nSPS) is 34.0. The first-order chi connectivity index (χ1) is 18.7. The van der Waals surface area contributed by atoms with E-state index in [4.69, 9.17) is 9.47 Å². The molecule has 4 aliphatic carbocycles. The molecule has 7 atom stereocenters. The molecule has 0 heterocycles. The van der Waals surface area contributed by atoms with Crippen LogP contribution in [0.25, 0.3) is 0 Å². The van der Waals surface area contributed by atoms with Gasteiger partial charge in [-0.1, -0.05) is 49.8 Å². The van der Waals surface area contributed by atoms with Gasteiger partial charge >= 0.3 is 11.9 Å². The molecule has 0 radical (unpaired) electrons. The molecule has 0 bridgehead atoms. The summed E-state index contributed by atoms with van der Waals surface area (Å²) in [4.78, 5) is 49.9. The Morgan fingerprint density at radius 2 is 1.74 bits per heavy atom. The number of ether oxygens (including phenoxy) is 2. The first kappa shape index (κ1) is 27.6. The molecule has 1 aromatic carbocycles. The predicted octanol–water partition coefficient (Wildman–Crippen LogP) is 5.24. The fourth-order valence-corrected chi connectivity index (χ4v) is 8.41. The average molecular weight is 536 g/mol. The van der Waals surface area contributed by atoms with Crippen molar-refractivity contribution in [1.82, 2.24) is 5.32 Å². The van der Waals surface area contributed by atoms with Gasteiger partial charge in [0.05, 0.1) is 13.5 Å². The van der Waals surface area contributed by atoms with Crippen molar-refractivity contribution < 1.29 is 28.7 Å². The number of methoxy groups -OCH3 is 1. The fourth-order valence-electron chi connectivity index (χ4n) is 8.41. The highest BCUT2D eigenvalue weighted by Crippen LogP contribution is 2.65. The third-order valence-corrected chi connectivity index (χ3v) is 10.6. The van der Waals surface area contributed by atoms with E-state index in [1.807, 2.05) is 12.1 Å². The zero-order chi connectivity index (χ0) is 27.8. The lowest BCUT2D eigenvalue weighted by atomic mass is 9.47. The minimum absolute atomic E-state index is 0.0297. The molecule has 0 aliphatic heterocycles. The number of fused-ring (bicyclic) bond motifs is 5. The molecule has 7 nitrogen and oxygen atoms in total. The lowest BCUT2D eigenvalue weighted by Crippen LogP contribution is -2.51. The third-order valence-electron chi connectivity index (χ3n) is 10.6. The lowest BCUT2D eigenvalue weighted by molar-refractivity contribution is -0.160. The van der Waals surface area contributed by atoms with Crippen molar-refractivity contribution in [3.63, 3.8) is 0 Å². The van der Waals surface area contributed by atoms with Gasteiger partial charge < -0.3 is 14.8 Å². The van der Waals surface area contributed by atoms with E-state index >= 15 is 0 Å². The monoisotopic (exact) mass is 535 g/mol. The maximum Gasteiger partial charge on any atom is 0.333 e. The second-order valence-electron chi connectivity index (χ2n) is 12.5. The van der Waals surface area contributed by atoms with Gasteiger partial charge in [-0.15, -0.1) is 0 Å². The van der Waals surface area contributed by atoms with Gasteiger partial charge in [0.2, 0.25) is 5.91 Å². The van der Waals surface area contributed by atoms with Crippen molar-refractivity contribution in [2.45, 2.75) is 90.2 Å². The molecule has 0 saturated heterocycles. The Balaban J connectivity index is 1.17. The quantitative estimate of drug-likeness (QED) is 0.480. The van der Waals surface area contributed by atoms with Gasteiger partial charge in [-0.3, -0.25) is 14.4 Å². The maximum atomic E-state index is 12.9. The summed E-state index contributed by atoms with van der Waals surface area (Å²) >= 11 is 0. The Morgan fingerprint density at radius 3 is 2.49 bits per heavy atom. The van der Waals surface area contributed by atoms with E-state index in [2.05, 4.69) is 19.2 Å². The van der Waals surface area contributed by atoms with Crippen LogP contribution in [-0.4, -0.2) is 36.8 Å². The standard InChI is InChI=1S/C32H41NO6/c1-31-17-15-22(34)19-21(31)9-10-23-24-11-12-26(32(24,2)18-16-25(23)31)39-28(36)14-13-27(35)33-29(30(37)38-3)20-7-5-4-6-8-20/h4-8,19,23-26,29H,9-18H2,1-3H3,(H,33,35)/t23-,24+,25-,26+,29+,31+,32+/m1/s1. The first-order valence-corrected chi connectivity index (χ1v) is 14.5. The van der Waals surface area contributed by atoms with E-state index < -0.39 is 17.9 Å². The van der Waals surface area contributed by atoms with E-state index in [1.54, 1.807) is 24.3 Å². The molecule has 3 saturated carbocycles. The second kappa shape index (κ2) is 10.9. The zero-order valence-electron chi connectivity index (χ0n) is 23.4. The largest absolute Gasteiger partial charge is 0.467 e. The predicted molar refractivity (Wildman–Crippen MR) is 145 cm³/mol. The Morgan fingerprint density at radius 1 is 0.974 bits per heavy atom. The molecule has 0 unspecified atom stereocenters. The van der Waals surface area contributed by atoms with Gasteiger partial charge in [0.1, 0.15) is 6.10 Å². The number of amides is 1. The number of hydrogen-bond donors (Lipinski definition) is 1. The Bertz CT molecular complexity index is 1160. The fraction of sp³-hybridized carbons (Fsp3) is 0.625. The van der Waals surface area contributed by atoms with Gasteiger partial charge in [-0.2, -0.15) is 0 Å². The molecule has 3 fully saturated rings. The van der Waals surface area contributed by atoms with E-state index in [0.29, 0.717) is 29.7 Å². The van der Waals surface area contributed by atoms with Crippen molar-refractivity contribution in [2.24, 2.45) is 28.6 Å². The van der Waals surface area contributed by atoms with Crippen molar-refractivity contribution in [1.29, 1.82) is 0 Å². The summed E-state index contributed by atoms with van der Waals surface area (Å²) in [6.07, 6.45) is 9.50. The van der Waals surface area contributed by atoms with Crippen molar-refractivity contribution in [2.75, 3.05) is 7.11 Å². The molecule has 1 amide bonds. The number of carbonyl (C=O) groups is 4. The Kier molecular flexibility index (Phi) is 7.71. The van der Waals surface area contributed by atoms with Gasteiger partial charge in [0, 0.05) is 18.3 Å². The molecule has 0 aromatic heterocycles. The van der Waals surface area contributed by atoms with Crippen LogP contribution in [0.4, 0.5) is 0 Å². The maximum absolute atomic E-state index is 12.9. The number of hydrogen-bond acceptors (Lipinski definition) is 6. The molecule has 0 spiro atoms. The van der Waals surface area contributed by atoms with Gasteiger partial charge in [-0.05, 0) is 79.8 Å². The van der Waals surface area contributed by atoms with Crippen LogP contribution in [0.3, 0.4) is 0 Å². The van der Waals surface area contributed by atoms with E-state index in [1.165, 1.54) is 12.7 Å². The van der Waals surface area contributed by atoms with Crippen LogP contribution >= 0.6 is 0 Å². The average Bonchev–Trinajstić information content (AvgIpc) is 3.26. The molecule has 4 aliphatic rings. The minimum Gasteiger partial charge on any atom is -0.467 e. The van der Waals surface area contributed by atoms with Crippen LogP contribution in [0.15, 0.2) is 42.0 Å². The summed E-state index contributed by atoms with van der Waals surface area (Å²) < 4.78 is 10.9.